The summed E-state index contributed by atoms with van der Waals surface area (Å²) in [7, 11) is 1.57. The van der Waals surface area contributed by atoms with Crippen molar-refractivity contribution in [1.29, 1.82) is 0 Å². The number of benzene rings is 2. The summed E-state index contributed by atoms with van der Waals surface area (Å²) in [6.07, 6.45) is 0.931. The average molecular weight is 459 g/mol. The molecule has 0 spiro atoms. The SMILES string of the molecule is COc1ccc([C@@H](CC(=O)OC(C)C)NC(=O)c2ccc(Cl)c(N3CCCC3=O)c2)cc1. The van der Waals surface area contributed by atoms with E-state index in [0.29, 0.717) is 35.0 Å². The quantitative estimate of drug-likeness (QED) is 0.596. The van der Waals surface area contributed by atoms with Crippen molar-refractivity contribution in [1.82, 2.24) is 5.32 Å². The lowest BCUT2D eigenvalue weighted by Crippen LogP contribution is -2.31. The maximum absolute atomic E-state index is 13.1. The molecule has 0 radical (unpaired) electrons. The fourth-order valence-electron chi connectivity index (χ4n) is 3.57. The molecule has 0 aliphatic carbocycles. The Bertz CT molecular complexity index is 990. The Morgan fingerprint density at radius 1 is 1.16 bits per heavy atom. The molecule has 1 aliphatic rings. The van der Waals surface area contributed by atoms with Crippen molar-refractivity contribution in [3.63, 3.8) is 0 Å². The van der Waals surface area contributed by atoms with Gasteiger partial charge in [-0.3, -0.25) is 14.4 Å². The van der Waals surface area contributed by atoms with Crippen molar-refractivity contribution in [2.45, 2.75) is 45.3 Å². The first-order valence-electron chi connectivity index (χ1n) is 10.5. The number of nitrogens with one attached hydrogen (secondary N) is 1. The summed E-state index contributed by atoms with van der Waals surface area (Å²) in [6, 6.07) is 11.3. The summed E-state index contributed by atoms with van der Waals surface area (Å²) in [6.45, 7) is 4.11. The van der Waals surface area contributed by atoms with Crippen molar-refractivity contribution < 1.29 is 23.9 Å². The van der Waals surface area contributed by atoms with Crippen molar-refractivity contribution in [2.24, 2.45) is 0 Å². The Hall–Kier alpha value is -3.06. The predicted molar refractivity (Wildman–Crippen MR) is 122 cm³/mol. The van der Waals surface area contributed by atoms with Gasteiger partial charge < -0.3 is 19.7 Å². The topological polar surface area (TPSA) is 84.9 Å². The third-order valence-electron chi connectivity index (χ3n) is 5.13. The largest absolute Gasteiger partial charge is 0.497 e. The van der Waals surface area contributed by atoms with Gasteiger partial charge in [0.05, 0.1) is 36.4 Å². The third kappa shape index (κ3) is 5.79. The van der Waals surface area contributed by atoms with Gasteiger partial charge in [-0.05, 0) is 56.2 Å². The fraction of sp³-hybridized carbons (Fsp3) is 0.375. The Balaban J connectivity index is 1.83. The minimum absolute atomic E-state index is 0.0167. The van der Waals surface area contributed by atoms with E-state index in [4.69, 9.17) is 21.1 Å². The second-order valence-electron chi connectivity index (χ2n) is 7.86. The summed E-state index contributed by atoms with van der Waals surface area (Å²) < 4.78 is 10.5. The van der Waals surface area contributed by atoms with Crippen molar-refractivity contribution in [3.8, 4) is 5.75 Å². The first-order chi connectivity index (χ1) is 15.3. The maximum atomic E-state index is 13.1. The zero-order chi connectivity index (χ0) is 23.3. The Morgan fingerprint density at radius 3 is 2.47 bits per heavy atom. The number of rotatable bonds is 8. The van der Waals surface area contributed by atoms with Gasteiger partial charge in [0.25, 0.3) is 5.91 Å². The molecule has 0 bridgehead atoms. The van der Waals surface area contributed by atoms with Crippen molar-refractivity contribution >= 4 is 35.1 Å². The molecule has 2 amide bonds. The highest BCUT2D eigenvalue weighted by Crippen LogP contribution is 2.31. The highest BCUT2D eigenvalue weighted by atomic mass is 35.5. The molecule has 8 heteroatoms. The molecule has 1 heterocycles. The van der Waals surface area contributed by atoms with Gasteiger partial charge in [-0.25, -0.2) is 0 Å². The number of carbonyl (C=O) groups excluding carboxylic acids is 3. The van der Waals surface area contributed by atoms with E-state index < -0.39 is 12.0 Å². The number of hydrogen-bond acceptors (Lipinski definition) is 5. The minimum Gasteiger partial charge on any atom is -0.497 e. The molecule has 7 nitrogen and oxygen atoms in total. The molecule has 0 aromatic heterocycles. The highest BCUT2D eigenvalue weighted by Gasteiger charge is 2.26. The third-order valence-corrected chi connectivity index (χ3v) is 5.45. The Morgan fingerprint density at radius 2 is 1.88 bits per heavy atom. The second-order valence-corrected chi connectivity index (χ2v) is 8.26. The molecule has 2 aromatic carbocycles. The van der Waals surface area contributed by atoms with Gasteiger partial charge in [0.1, 0.15) is 5.75 Å². The standard InChI is InChI=1S/C24H27ClN2O5/c1-15(2)32-23(29)14-20(16-6-9-18(31-3)10-7-16)26-24(30)17-8-11-19(25)21(13-17)27-12-4-5-22(27)28/h6-11,13,15,20H,4-5,12,14H2,1-3H3,(H,26,30)/t20-/m1/s1. The van der Waals surface area contributed by atoms with Crippen LogP contribution in [-0.2, 0) is 14.3 Å². The molecule has 0 unspecified atom stereocenters. The summed E-state index contributed by atoms with van der Waals surface area (Å²) in [5.74, 6) is -0.147. The fourth-order valence-corrected chi connectivity index (χ4v) is 3.79. The van der Waals surface area contributed by atoms with E-state index >= 15 is 0 Å². The Labute approximate surface area is 192 Å². The van der Waals surface area contributed by atoms with E-state index in [-0.39, 0.29) is 24.3 Å². The van der Waals surface area contributed by atoms with Crippen LogP contribution in [0, 0.1) is 0 Å². The van der Waals surface area contributed by atoms with Crippen LogP contribution >= 0.6 is 11.6 Å². The van der Waals surface area contributed by atoms with Crippen LogP contribution in [0.25, 0.3) is 0 Å². The zero-order valence-corrected chi connectivity index (χ0v) is 19.1. The van der Waals surface area contributed by atoms with Crippen LogP contribution in [-0.4, -0.2) is 37.5 Å². The molecular formula is C24H27ClN2O5. The first kappa shape index (κ1) is 23.6. The average Bonchev–Trinajstić information content (AvgIpc) is 3.18. The van der Waals surface area contributed by atoms with Crippen LogP contribution < -0.4 is 15.0 Å². The van der Waals surface area contributed by atoms with Crippen LogP contribution in [0.5, 0.6) is 5.75 Å². The smallest absolute Gasteiger partial charge is 0.308 e. The van der Waals surface area contributed by atoms with E-state index in [0.717, 1.165) is 12.0 Å². The van der Waals surface area contributed by atoms with Gasteiger partial charge in [0, 0.05) is 18.5 Å². The van der Waals surface area contributed by atoms with E-state index in [1.54, 1.807) is 68.3 Å². The predicted octanol–water partition coefficient (Wildman–Crippen LogP) is 4.29. The lowest BCUT2D eigenvalue weighted by molar-refractivity contribution is -0.148. The number of hydrogen-bond donors (Lipinski definition) is 1. The van der Waals surface area contributed by atoms with Gasteiger partial charge in [0.15, 0.2) is 0 Å². The van der Waals surface area contributed by atoms with Gasteiger partial charge in [-0.1, -0.05) is 23.7 Å². The first-order valence-corrected chi connectivity index (χ1v) is 10.9. The molecule has 1 atom stereocenters. The second kappa shape index (κ2) is 10.5. The summed E-state index contributed by atoms with van der Waals surface area (Å²) in [5.41, 5.74) is 1.60. The van der Waals surface area contributed by atoms with E-state index in [2.05, 4.69) is 5.32 Å². The van der Waals surface area contributed by atoms with E-state index in [9.17, 15) is 14.4 Å². The number of halogens is 1. The number of methoxy groups -OCH3 is 1. The summed E-state index contributed by atoms with van der Waals surface area (Å²) in [4.78, 5) is 39.1. The number of carbonyl (C=O) groups is 3. The molecule has 1 saturated heterocycles. The monoisotopic (exact) mass is 458 g/mol. The number of esters is 1. The van der Waals surface area contributed by atoms with Gasteiger partial charge in [-0.2, -0.15) is 0 Å². The number of nitrogens with zero attached hydrogens (tertiary/aromatic N) is 1. The normalized spacial score (nSPS) is 14.4. The maximum Gasteiger partial charge on any atom is 0.308 e. The number of ether oxygens (including phenoxy) is 2. The van der Waals surface area contributed by atoms with Crippen LogP contribution in [0.4, 0.5) is 5.69 Å². The molecular weight excluding hydrogens is 432 g/mol. The minimum atomic E-state index is -0.604. The van der Waals surface area contributed by atoms with Crippen molar-refractivity contribution in [3.05, 3.63) is 58.6 Å². The molecule has 1 N–H and O–H groups in total. The van der Waals surface area contributed by atoms with Gasteiger partial charge in [-0.15, -0.1) is 0 Å². The Kier molecular flexibility index (Phi) is 7.75. The molecule has 1 aliphatic heterocycles. The van der Waals surface area contributed by atoms with Crippen LogP contribution in [0.1, 0.15) is 55.1 Å². The summed E-state index contributed by atoms with van der Waals surface area (Å²) >= 11 is 6.30. The lowest BCUT2D eigenvalue weighted by Gasteiger charge is -2.21. The van der Waals surface area contributed by atoms with E-state index in [1.807, 2.05) is 0 Å². The highest BCUT2D eigenvalue weighted by molar-refractivity contribution is 6.34. The molecule has 1 fully saturated rings. The van der Waals surface area contributed by atoms with E-state index in [1.165, 1.54) is 0 Å². The van der Waals surface area contributed by atoms with Gasteiger partial charge in [0.2, 0.25) is 5.91 Å². The molecule has 3 rings (SSSR count). The molecule has 32 heavy (non-hydrogen) atoms. The van der Waals surface area contributed by atoms with Crippen LogP contribution in [0.2, 0.25) is 5.02 Å². The number of anilines is 1. The summed E-state index contributed by atoms with van der Waals surface area (Å²) in [5, 5.41) is 3.32. The van der Waals surface area contributed by atoms with Crippen LogP contribution in [0.15, 0.2) is 42.5 Å². The molecule has 170 valence electrons. The van der Waals surface area contributed by atoms with Crippen molar-refractivity contribution in [2.75, 3.05) is 18.6 Å². The molecule has 0 saturated carbocycles. The zero-order valence-electron chi connectivity index (χ0n) is 18.4. The lowest BCUT2D eigenvalue weighted by atomic mass is 10.0. The van der Waals surface area contributed by atoms with Crippen LogP contribution in [0.3, 0.4) is 0 Å². The van der Waals surface area contributed by atoms with Gasteiger partial charge >= 0.3 is 5.97 Å². The molecule has 2 aromatic rings. The number of amides is 2.